The number of benzene rings is 1. The smallest absolute Gasteiger partial charge is 0.135 e. The van der Waals surface area contributed by atoms with E-state index in [1.54, 1.807) is 19.2 Å². The van der Waals surface area contributed by atoms with Crippen molar-refractivity contribution in [2.45, 2.75) is 6.10 Å². The highest BCUT2D eigenvalue weighted by Gasteiger charge is 2.14. The van der Waals surface area contributed by atoms with Gasteiger partial charge in [0.2, 0.25) is 0 Å². The molecule has 0 aliphatic rings. The van der Waals surface area contributed by atoms with Crippen LogP contribution >= 0.6 is 27.5 Å². The number of hydrogen-bond donors (Lipinski definition) is 3. The Morgan fingerprint density at radius 1 is 1.57 bits per heavy atom. The summed E-state index contributed by atoms with van der Waals surface area (Å²) in [6.07, 6.45) is -0.769. The molecule has 14 heavy (non-hydrogen) atoms. The van der Waals surface area contributed by atoms with Gasteiger partial charge in [-0.15, -0.1) is 0 Å². The van der Waals surface area contributed by atoms with Crippen molar-refractivity contribution in [3.05, 3.63) is 27.2 Å². The number of nitrogens with one attached hydrogen (secondary N) is 1. The van der Waals surface area contributed by atoms with Gasteiger partial charge in [0.25, 0.3) is 0 Å². The third-order valence-electron chi connectivity index (χ3n) is 1.81. The van der Waals surface area contributed by atoms with Crippen molar-refractivity contribution < 1.29 is 10.2 Å². The van der Waals surface area contributed by atoms with Crippen LogP contribution in [-0.4, -0.2) is 23.8 Å². The van der Waals surface area contributed by atoms with Crippen LogP contribution in [0.25, 0.3) is 0 Å². The van der Waals surface area contributed by atoms with Crippen LogP contribution in [0.3, 0.4) is 0 Å². The molecular weight excluding hydrogens is 269 g/mol. The van der Waals surface area contributed by atoms with Crippen molar-refractivity contribution in [3.8, 4) is 5.75 Å². The number of aromatic hydroxyl groups is 1. The number of aliphatic hydroxyl groups is 1. The van der Waals surface area contributed by atoms with Gasteiger partial charge < -0.3 is 15.5 Å². The molecule has 0 aromatic heterocycles. The van der Waals surface area contributed by atoms with Crippen molar-refractivity contribution in [3.63, 3.8) is 0 Å². The molecule has 78 valence electrons. The fraction of sp³-hybridized carbons (Fsp3) is 0.333. The topological polar surface area (TPSA) is 52.5 Å². The first-order valence-corrected chi connectivity index (χ1v) is 5.24. The Kier molecular flexibility index (Phi) is 4.19. The minimum atomic E-state index is -0.769. The zero-order valence-corrected chi connectivity index (χ0v) is 9.93. The molecule has 3 nitrogen and oxygen atoms in total. The molecule has 0 saturated carbocycles. The monoisotopic (exact) mass is 279 g/mol. The van der Waals surface area contributed by atoms with Gasteiger partial charge in [-0.25, -0.2) is 0 Å². The number of rotatable bonds is 3. The summed E-state index contributed by atoms with van der Waals surface area (Å²) >= 11 is 8.94. The normalized spacial score (nSPS) is 12.9. The first-order valence-electron chi connectivity index (χ1n) is 4.06. The van der Waals surface area contributed by atoms with Crippen molar-refractivity contribution >= 4 is 27.5 Å². The third-order valence-corrected chi connectivity index (χ3v) is 2.64. The van der Waals surface area contributed by atoms with E-state index < -0.39 is 6.10 Å². The van der Waals surface area contributed by atoms with E-state index in [1.807, 2.05) is 0 Å². The Balaban J connectivity index is 3.07. The molecule has 0 amide bonds. The lowest BCUT2D eigenvalue weighted by atomic mass is 10.1. The Morgan fingerprint density at radius 3 is 2.79 bits per heavy atom. The van der Waals surface area contributed by atoms with Crippen LogP contribution in [0.5, 0.6) is 5.75 Å². The average molecular weight is 281 g/mol. The molecule has 0 bridgehead atoms. The van der Waals surface area contributed by atoms with Gasteiger partial charge in [0.15, 0.2) is 0 Å². The molecule has 0 fully saturated rings. The van der Waals surface area contributed by atoms with Crippen LogP contribution in [0.1, 0.15) is 11.7 Å². The summed E-state index contributed by atoms with van der Waals surface area (Å²) in [5.41, 5.74) is 0.415. The van der Waals surface area contributed by atoms with E-state index in [-0.39, 0.29) is 5.75 Å². The molecule has 0 saturated heterocycles. The third kappa shape index (κ3) is 2.60. The maximum atomic E-state index is 9.65. The Morgan fingerprint density at radius 2 is 2.21 bits per heavy atom. The molecule has 3 N–H and O–H groups in total. The van der Waals surface area contributed by atoms with E-state index in [4.69, 9.17) is 11.6 Å². The van der Waals surface area contributed by atoms with Gasteiger partial charge in [-0.05, 0) is 35.1 Å². The summed E-state index contributed by atoms with van der Waals surface area (Å²) in [7, 11) is 1.72. The fourth-order valence-electron chi connectivity index (χ4n) is 1.14. The van der Waals surface area contributed by atoms with E-state index in [0.717, 1.165) is 0 Å². The number of phenolic OH excluding ortho intramolecular Hbond substituents is 1. The number of aliphatic hydroxyl groups excluding tert-OH is 1. The number of phenols is 1. The highest BCUT2D eigenvalue weighted by Crippen LogP contribution is 2.34. The van der Waals surface area contributed by atoms with Crippen molar-refractivity contribution in [2.75, 3.05) is 13.6 Å². The molecule has 1 unspecified atom stereocenters. The largest absolute Gasteiger partial charge is 0.506 e. The van der Waals surface area contributed by atoms with Gasteiger partial charge in [0.05, 0.1) is 10.6 Å². The first kappa shape index (κ1) is 11.8. The lowest BCUT2D eigenvalue weighted by molar-refractivity contribution is 0.174. The molecular formula is C9H11BrClNO2. The van der Waals surface area contributed by atoms with Crippen LogP contribution in [0.15, 0.2) is 16.6 Å². The van der Waals surface area contributed by atoms with E-state index in [9.17, 15) is 10.2 Å². The van der Waals surface area contributed by atoms with Crippen molar-refractivity contribution in [1.82, 2.24) is 5.32 Å². The molecule has 0 heterocycles. The maximum Gasteiger partial charge on any atom is 0.135 e. The van der Waals surface area contributed by atoms with Crippen LogP contribution < -0.4 is 5.32 Å². The minimum absolute atomic E-state index is 0.0251. The van der Waals surface area contributed by atoms with Gasteiger partial charge in [-0.3, -0.25) is 0 Å². The predicted octanol–water partition coefficient (Wildman–Crippen LogP) is 2.06. The minimum Gasteiger partial charge on any atom is -0.506 e. The van der Waals surface area contributed by atoms with Crippen molar-refractivity contribution in [1.29, 1.82) is 0 Å². The molecule has 1 rings (SSSR count). The zero-order chi connectivity index (χ0) is 10.7. The molecule has 0 spiro atoms. The Hall–Kier alpha value is -0.290. The predicted molar refractivity (Wildman–Crippen MR) is 59.7 cm³/mol. The Bertz CT molecular complexity index is 333. The second kappa shape index (κ2) is 4.98. The SMILES string of the molecule is CNCC(O)c1cc(Cl)cc(Br)c1O. The summed E-state index contributed by atoms with van der Waals surface area (Å²) in [5, 5.41) is 22.6. The lowest BCUT2D eigenvalue weighted by Gasteiger charge is -2.13. The van der Waals surface area contributed by atoms with E-state index >= 15 is 0 Å². The van der Waals surface area contributed by atoms with E-state index in [0.29, 0.717) is 21.6 Å². The Labute approximate surface area is 95.8 Å². The van der Waals surface area contributed by atoms with Gasteiger partial charge in [0, 0.05) is 17.1 Å². The standard InChI is InChI=1S/C9H11BrClNO2/c1-12-4-8(13)6-2-5(11)3-7(10)9(6)14/h2-3,8,12-14H,4H2,1H3. The van der Waals surface area contributed by atoms with Crippen LogP contribution in [0, 0.1) is 0 Å². The highest BCUT2D eigenvalue weighted by molar-refractivity contribution is 9.10. The molecule has 0 radical (unpaired) electrons. The molecule has 1 atom stereocenters. The zero-order valence-electron chi connectivity index (χ0n) is 7.59. The summed E-state index contributed by atoms with van der Waals surface area (Å²) in [4.78, 5) is 0. The molecule has 0 aliphatic carbocycles. The molecule has 1 aromatic carbocycles. The van der Waals surface area contributed by atoms with Gasteiger partial charge in [-0.1, -0.05) is 11.6 Å². The summed E-state index contributed by atoms with van der Waals surface area (Å²) in [6.45, 7) is 0.361. The molecule has 5 heteroatoms. The van der Waals surface area contributed by atoms with Crippen molar-refractivity contribution in [2.24, 2.45) is 0 Å². The van der Waals surface area contributed by atoms with Crippen LogP contribution in [-0.2, 0) is 0 Å². The fourth-order valence-corrected chi connectivity index (χ4v) is 1.98. The van der Waals surface area contributed by atoms with Crippen LogP contribution in [0.4, 0.5) is 0 Å². The molecule has 0 aliphatic heterocycles. The van der Waals surface area contributed by atoms with Gasteiger partial charge in [-0.2, -0.15) is 0 Å². The quantitative estimate of drug-likeness (QED) is 0.794. The number of hydrogen-bond acceptors (Lipinski definition) is 3. The van der Waals surface area contributed by atoms with E-state index in [1.165, 1.54) is 0 Å². The second-order valence-electron chi connectivity index (χ2n) is 2.90. The average Bonchev–Trinajstić information content (AvgIpc) is 2.11. The summed E-state index contributed by atoms with van der Waals surface area (Å²) < 4.78 is 0.482. The van der Waals surface area contributed by atoms with Gasteiger partial charge >= 0.3 is 0 Å². The maximum absolute atomic E-state index is 9.65. The second-order valence-corrected chi connectivity index (χ2v) is 4.19. The first-order chi connectivity index (χ1) is 6.56. The molecule has 1 aromatic rings. The number of likely N-dealkylation sites (N-methyl/N-ethyl adjacent to an activating group) is 1. The number of halogens is 2. The summed E-state index contributed by atoms with van der Waals surface area (Å²) in [6, 6.07) is 3.12. The van der Waals surface area contributed by atoms with E-state index in [2.05, 4.69) is 21.2 Å². The lowest BCUT2D eigenvalue weighted by Crippen LogP contribution is -2.16. The highest BCUT2D eigenvalue weighted by atomic mass is 79.9. The van der Waals surface area contributed by atoms with Gasteiger partial charge in [0.1, 0.15) is 5.75 Å². The summed E-state index contributed by atoms with van der Waals surface area (Å²) in [5.74, 6) is 0.0251. The van der Waals surface area contributed by atoms with Crippen LogP contribution in [0.2, 0.25) is 5.02 Å².